The third kappa shape index (κ3) is 7.94. The molecule has 0 spiro atoms. The number of carbonyl (C=O) groups is 3. The Bertz CT molecular complexity index is 1740. The number of imide groups is 1. The van der Waals surface area contributed by atoms with Crippen LogP contribution >= 0.6 is 0 Å². The summed E-state index contributed by atoms with van der Waals surface area (Å²) in [6, 6.07) is 30.2. The van der Waals surface area contributed by atoms with Crippen molar-refractivity contribution in [3.05, 3.63) is 119 Å². The second kappa shape index (κ2) is 14.4. The van der Waals surface area contributed by atoms with Gasteiger partial charge in [0, 0.05) is 18.5 Å². The van der Waals surface area contributed by atoms with E-state index in [9.17, 15) is 19.5 Å². The number of nitrogens with one attached hydrogen (secondary N) is 1. The average Bonchev–Trinajstić information content (AvgIpc) is 3.07. The second-order valence-corrected chi connectivity index (χ2v) is 13.9. The molecule has 4 aromatic rings. The summed E-state index contributed by atoms with van der Waals surface area (Å²) in [5, 5.41) is 12.9. The molecule has 8 nitrogen and oxygen atoms in total. The van der Waals surface area contributed by atoms with Gasteiger partial charge < -0.3 is 19.9 Å². The Kier molecular flexibility index (Phi) is 10.3. The Balaban J connectivity index is 1.36. The number of carbonyl (C=O) groups excluding carboxylic acids is 2. The summed E-state index contributed by atoms with van der Waals surface area (Å²) in [5.41, 5.74) is 5.57. The van der Waals surface area contributed by atoms with Crippen molar-refractivity contribution in [2.75, 3.05) is 19.7 Å². The number of amides is 3. The van der Waals surface area contributed by atoms with Crippen molar-refractivity contribution in [2.24, 2.45) is 5.92 Å². The lowest BCUT2D eigenvalue weighted by atomic mass is 9.87. The molecule has 1 aliphatic heterocycles. The van der Waals surface area contributed by atoms with Crippen molar-refractivity contribution in [3.63, 3.8) is 0 Å². The Hall–Kier alpha value is -4.95. The first-order valence-corrected chi connectivity index (χ1v) is 16.5. The van der Waals surface area contributed by atoms with E-state index < -0.39 is 28.5 Å². The Labute approximate surface area is 282 Å². The van der Waals surface area contributed by atoms with E-state index in [1.54, 1.807) is 12.1 Å². The van der Waals surface area contributed by atoms with E-state index in [1.807, 2.05) is 98.8 Å². The molecule has 2 atom stereocenters. The summed E-state index contributed by atoms with van der Waals surface area (Å²) >= 11 is 0. The van der Waals surface area contributed by atoms with Crippen LogP contribution in [-0.4, -0.2) is 47.4 Å². The van der Waals surface area contributed by atoms with Crippen molar-refractivity contribution in [3.8, 4) is 22.6 Å². The maximum absolute atomic E-state index is 14.0. The highest BCUT2D eigenvalue weighted by atomic mass is 16.6. The molecule has 0 saturated heterocycles. The molecule has 0 aliphatic carbocycles. The molecule has 1 heterocycles. The number of ether oxygens (including phenoxy) is 2. The van der Waals surface area contributed by atoms with Crippen LogP contribution in [0.3, 0.4) is 0 Å². The summed E-state index contributed by atoms with van der Waals surface area (Å²) in [5.74, 6) is -0.720. The molecule has 250 valence electrons. The van der Waals surface area contributed by atoms with Gasteiger partial charge in [0.05, 0.1) is 12.5 Å². The first kappa shape index (κ1) is 34.4. The minimum absolute atomic E-state index is 0.0217. The van der Waals surface area contributed by atoms with Crippen LogP contribution in [0.25, 0.3) is 11.1 Å². The van der Waals surface area contributed by atoms with Gasteiger partial charge in [-0.25, -0.2) is 4.79 Å². The highest BCUT2D eigenvalue weighted by Gasteiger charge is 2.49. The fraction of sp³-hybridized carbons (Fsp3) is 0.325. The van der Waals surface area contributed by atoms with E-state index in [0.717, 1.165) is 22.3 Å². The zero-order valence-electron chi connectivity index (χ0n) is 28.4. The topological polar surface area (TPSA) is 102 Å². The fourth-order valence-corrected chi connectivity index (χ4v) is 5.90. The predicted molar refractivity (Wildman–Crippen MR) is 186 cm³/mol. The number of carboxylic acids is 1. The number of carboxylic acid groups (broad SMARTS) is 1. The predicted octanol–water partition coefficient (Wildman–Crippen LogP) is 8.69. The van der Waals surface area contributed by atoms with E-state index in [4.69, 9.17) is 9.47 Å². The number of benzene rings is 4. The molecular weight excluding hydrogens is 604 g/mol. The van der Waals surface area contributed by atoms with E-state index in [2.05, 4.69) is 26.1 Å². The Morgan fingerprint density at radius 2 is 1.48 bits per heavy atom. The van der Waals surface area contributed by atoms with Gasteiger partial charge in [-0.05, 0) is 63.4 Å². The molecule has 0 fully saturated rings. The van der Waals surface area contributed by atoms with Crippen LogP contribution in [-0.2, 0) is 27.9 Å². The molecule has 2 N–H and O–H groups in total. The number of fused-ring (bicyclic) bond motifs is 1. The quantitative estimate of drug-likeness (QED) is 0.176. The van der Waals surface area contributed by atoms with Gasteiger partial charge >= 0.3 is 18.1 Å². The normalized spacial score (nSPS) is 16.5. The van der Waals surface area contributed by atoms with Crippen molar-refractivity contribution in [1.82, 2.24) is 5.32 Å². The van der Waals surface area contributed by atoms with Crippen molar-refractivity contribution >= 4 is 18.1 Å². The summed E-state index contributed by atoms with van der Waals surface area (Å²) in [6.07, 6.45) is -0.196. The van der Waals surface area contributed by atoms with Gasteiger partial charge in [-0.1, -0.05) is 107 Å². The Morgan fingerprint density at radius 3 is 2.10 bits per heavy atom. The number of quaternary nitrogens is 1. The van der Waals surface area contributed by atoms with Gasteiger partial charge in [0.1, 0.15) is 24.6 Å². The first-order valence-electron chi connectivity index (χ1n) is 16.5. The van der Waals surface area contributed by atoms with Gasteiger partial charge in [-0.15, -0.1) is 4.48 Å². The Morgan fingerprint density at radius 1 is 0.833 bits per heavy atom. The van der Waals surface area contributed by atoms with Crippen LogP contribution in [0.5, 0.6) is 11.5 Å². The zero-order valence-corrected chi connectivity index (χ0v) is 28.4. The minimum Gasteiger partial charge on any atom is -0.481 e. The van der Waals surface area contributed by atoms with Crippen LogP contribution < -0.4 is 10.1 Å². The highest BCUT2D eigenvalue weighted by molar-refractivity contribution is 5.82. The number of urea groups is 1. The monoisotopic (exact) mass is 649 g/mol. The molecule has 2 unspecified atom stereocenters. The van der Waals surface area contributed by atoms with Crippen molar-refractivity contribution in [2.45, 2.75) is 58.9 Å². The first-order chi connectivity index (χ1) is 22.9. The molecular formula is C40H45N2O6+. The summed E-state index contributed by atoms with van der Waals surface area (Å²) in [7, 11) is 0. The van der Waals surface area contributed by atoms with Crippen LogP contribution in [0.2, 0.25) is 0 Å². The molecule has 5 rings (SSSR count). The fourth-order valence-electron chi connectivity index (χ4n) is 5.90. The smallest absolute Gasteiger partial charge is 0.481 e. The number of aliphatic carboxylic acids is 1. The van der Waals surface area contributed by atoms with Gasteiger partial charge in [0.15, 0.2) is 0 Å². The molecule has 48 heavy (non-hydrogen) atoms. The van der Waals surface area contributed by atoms with Gasteiger partial charge in [0.25, 0.3) is 0 Å². The number of hydrogen-bond acceptors (Lipinski definition) is 5. The summed E-state index contributed by atoms with van der Waals surface area (Å²) < 4.78 is 11.2. The third-order valence-electron chi connectivity index (χ3n) is 8.79. The molecule has 0 bridgehead atoms. The highest BCUT2D eigenvalue weighted by Crippen LogP contribution is 2.33. The average molecular weight is 650 g/mol. The maximum atomic E-state index is 14.0. The molecule has 3 amide bonds. The van der Waals surface area contributed by atoms with Crippen LogP contribution in [0.1, 0.15) is 62.8 Å². The lowest BCUT2D eigenvalue weighted by molar-refractivity contribution is -0.794. The maximum Gasteiger partial charge on any atom is 0.525 e. The lowest BCUT2D eigenvalue weighted by Gasteiger charge is -2.36. The van der Waals surface area contributed by atoms with Crippen LogP contribution in [0.4, 0.5) is 9.59 Å². The van der Waals surface area contributed by atoms with E-state index in [0.29, 0.717) is 23.5 Å². The lowest BCUT2D eigenvalue weighted by Crippen LogP contribution is -2.63. The van der Waals surface area contributed by atoms with Crippen molar-refractivity contribution in [1.29, 1.82) is 0 Å². The summed E-state index contributed by atoms with van der Waals surface area (Å²) in [6.45, 7) is 10.6. The van der Waals surface area contributed by atoms with E-state index in [-0.39, 0.29) is 37.6 Å². The SMILES string of the molecule is CC(C)COC(=O)[N+]1(C(=O)NCC(C(=O)O)c2ccc(-c3ccccc3)cc2)CCc2ccc(Oc3ccc(C(C)(C)C)cc3)cc2C1. The molecule has 0 saturated carbocycles. The number of hydrogen-bond donors (Lipinski definition) is 2. The molecule has 8 heteroatoms. The largest absolute Gasteiger partial charge is 0.525 e. The van der Waals surface area contributed by atoms with Gasteiger partial charge in [-0.3, -0.25) is 4.79 Å². The standard InChI is InChI=1S/C40H44N2O6/c1-27(2)26-47-39(46)42(38(45)41-24-36(37(43)44)31-13-11-29(12-14-31)28-9-7-6-8-10-28)22-21-30-15-18-35(23-32(30)25-42)48-34-19-16-33(17-20-34)40(3,4)5/h6-20,23,27,36H,21-22,24-26H2,1-5H3,(H-,41,43,44,45)/p+1. The summed E-state index contributed by atoms with van der Waals surface area (Å²) in [4.78, 5) is 40.2. The minimum atomic E-state index is -1.07. The molecule has 1 aliphatic rings. The molecule has 0 aromatic heterocycles. The second-order valence-electron chi connectivity index (χ2n) is 13.9. The third-order valence-corrected chi connectivity index (χ3v) is 8.79. The van der Waals surface area contributed by atoms with E-state index >= 15 is 0 Å². The molecule has 0 radical (unpaired) electrons. The van der Waals surface area contributed by atoms with Crippen LogP contribution in [0, 0.1) is 5.92 Å². The number of nitrogens with zero attached hydrogens (tertiary/aromatic N) is 1. The van der Waals surface area contributed by atoms with Crippen molar-refractivity contribution < 1.29 is 33.4 Å². The van der Waals surface area contributed by atoms with Gasteiger partial charge in [-0.2, -0.15) is 4.79 Å². The number of rotatable bonds is 9. The zero-order chi connectivity index (χ0) is 34.5. The molecule has 4 aromatic carbocycles. The van der Waals surface area contributed by atoms with Gasteiger partial charge in [0.2, 0.25) is 0 Å². The van der Waals surface area contributed by atoms with Crippen LogP contribution in [0.15, 0.2) is 97.1 Å². The van der Waals surface area contributed by atoms with E-state index in [1.165, 1.54) is 5.56 Å².